The van der Waals surface area contributed by atoms with Crippen LogP contribution in [-0.2, 0) is 0 Å². The van der Waals surface area contributed by atoms with Crippen molar-refractivity contribution >= 4 is 0 Å². The molecule has 0 amide bonds. The SMILES string of the molecule is [CH2]CCCCCCC=CCCCCC=CCCC. The Labute approximate surface area is 116 Å². The summed E-state index contributed by atoms with van der Waals surface area (Å²) >= 11 is 0. The third-order valence-corrected chi connectivity index (χ3v) is 3.15. The van der Waals surface area contributed by atoms with Crippen molar-refractivity contribution in [2.45, 2.75) is 84.0 Å². The lowest BCUT2D eigenvalue weighted by molar-refractivity contribution is 0.650. The third kappa shape index (κ3) is 15.5. The highest BCUT2D eigenvalue weighted by Gasteiger charge is 1.87. The van der Waals surface area contributed by atoms with Crippen LogP contribution in [0.25, 0.3) is 0 Å². The van der Waals surface area contributed by atoms with Gasteiger partial charge in [-0.05, 0) is 44.9 Å². The van der Waals surface area contributed by atoms with Crippen LogP contribution in [0.5, 0.6) is 0 Å². The molecule has 0 aromatic carbocycles. The van der Waals surface area contributed by atoms with Crippen molar-refractivity contribution in [1.29, 1.82) is 0 Å². The van der Waals surface area contributed by atoms with E-state index in [2.05, 4.69) is 38.2 Å². The third-order valence-electron chi connectivity index (χ3n) is 3.15. The summed E-state index contributed by atoms with van der Waals surface area (Å²) in [5, 5.41) is 0. The van der Waals surface area contributed by atoms with Crippen LogP contribution in [0, 0.1) is 6.92 Å². The first-order valence-electron chi connectivity index (χ1n) is 8.01. The Morgan fingerprint density at radius 3 is 1.56 bits per heavy atom. The Morgan fingerprint density at radius 1 is 0.611 bits per heavy atom. The van der Waals surface area contributed by atoms with Crippen LogP contribution in [0.1, 0.15) is 84.0 Å². The molecule has 0 heterocycles. The van der Waals surface area contributed by atoms with Crippen LogP contribution in [0.15, 0.2) is 24.3 Å². The highest BCUT2D eigenvalue weighted by Crippen LogP contribution is 2.07. The smallest absolute Gasteiger partial charge is 0.0351 e. The van der Waals surface area contributed by atoms with Crippen molar-refractivity contribution in [2.24, 2.45) is 0 Å². The van der Waals surface area contributed by atoms with Gasteiger partial charge >= 0.3 is 0 Å². The van der Waals surface area contributed by atoms with Gasteiger partial charge in [-0.1, -0.05) is 70.3 Å². The minimum absolute atomic E-state index is 1.10. The van der Waals surface area contributed by atoms with E-state index in [0.717, 1.165) is 6.42 Å². The second-order valence-corrected chi connectivity index (χ2v) is 5.07. The largest absolute Gasteiger partial charge is 0.0885 e. The zero-order valence-corrected chi connectivity index (χ0v) is 12.5. The molecule has 0 aliphatic carbocycles. The van der Waals surface area contributed by atoms with E-state index >= 15 is 0 Å². The van der Waals surface area contributed by atoms with E-state index in [9.17, 15) is 0 Å². The summed E-state index contributed by atoms with van der Waals surface area (Å²) in [5.74, 6) is 0. The summed E-state index contributed by atoms with van der Waals surface area (Å²) in [5.41, 5.74) is 0. The van der Waals surface area contributed by atoms with E-state index in [4.69, 9.17) is 0 Å². The number of hydrogen-bond acceptors (Lipinski definition) is 0. The van der Waals surface area contributed by atoms with Gasteiger partial charge in [-0.25, -0.2) is 0 Å². The first-order chi connectivity index (χ1) is 8.91. The molecular formula is C18H33. The van der Waals surface area contributed by atoms with Crippen LogP contribution in [0.3, 0.4) is 0 Å². The fourth-order valence-electron chi connectivity index (χ4n) is 1.95. The summed E-state index contributed by atoms with van der Waals surface area (Å²) in [6.07, 6.45) is 24.9. The molecule has 0 aromatic rings. The number of unbranched alkanes of at least 4 members (excludes halogenated alkanes) is 9. The second-order valence-electron chi connectivity index (χ2n) is 5.07. The Kier molecular flexibility index (Phi) is 16.0. The molecule has 0 spiro atoms. The van der Waals surface area contributed by atoms with Gasteiger partial charge in [-0.15, -0.1) is 0 Å². The van der Waals surface area contributed by atoms with E-state index in [0.29, 0.717) is 0 Å². The van der Waals surface area contributed by atoms with Crippen molar-refractivity contribution in [3.8, 4) is 0 Å². The first-order valence-corrected chi connectivity index (χ1v) is 8.01. The monoisotopic (exact) mass is 249 g/mol. The van der Waals surface area contributed by atoms with Crippen molar-refractivity contribution in [2.75, 3.05) is 0 Å². The van der Waals surface area contributed by atoms with Crippen LogP contribution in [0.2, 0.25) is 0 Å². The molecule has 0 aliphatic heterocycles. The topological polar surface area (TPSA) is 0 Å². The van der Waals surface area contributed by atoms with Gasteiger partial charge in [0, 0.05) is 0 Å². The maximum absolute atomic E-state index is 3.87. The minimum atomic E-state index is 1.10. The van der Waals surface area contributed by atoms with Gasteiger partial charge < -0.3 is 0 Å². The highest BCUT2D eigenvalue weighted by atomic mass is 13.9. The van der Waals surface area contributed by atoms with Gasteiger partial charge in [0.15, 0.2) is 0 Å². The number of rotatable bonds is 13. The molecule has 0 nitrogen and oxygen atoms in total. The van der Waals surface area contributed by atoms with Gasteiger partial charge in [0.05, 0.1) is 0 Å². The summed E-state index contributed by atoms with van der Waals surface area (Å²) < 4.78 is 0. The molecule has 0 aromatic heterocycles. The van der Waals surface area contributed by atoms with Crippen LogP contribution in [-0.4, -0.2) is 0 Å². The lowest BCUT2D eigenvalue weighted by Crippen LogP contribution is -1.76. The molecule has 0 fully saturated rings. The van der Waals surface area contributed by atoms with Crippen LogP contribution in [0.4, 0.5) is 0 Å². The lowest BCUT2D eigenvalue weighted by Gasteiger charge is -1.96. The van der Waals surface area contributed by atoms with Crippen molar-refractivity contribution in [3.05, 3.63) is 31.2 Å². The van der Waals surface area contributed by atoms with Crippen molar-refractivity contribution in [3.63, 3.8) is 0 Å². The van der Waals surface area contributed by atoms with Crippen LogP contribution >= 0.6 is 0 Å². The molecule has 0 saturated carbocycles. The van der Waals surface area contributed by atoms with E-state index in [-0.39, 0.29) is 0 Å². The van der Waals surface area contributed by atoms with Gasteiger partial charge in [0.25, 0.3) is 0 Å². The molecule has 0 bridgehead atoms. The maximum atomic E-state index is 3.87. The molecule has 18 heavy (non-hydrogen) atoms. The van der Waals surface area contributed by atoms with Gasteiger partial charge in [-0.2, -0.15) is 0 Å². The molecule has 0 atom stereocenters. The Hall–Kier alpha value is -0.520. The van der Waals surface area contributed by atoms with E-state index in [1.165, 1.54) is 70.6 Å². The normalized spacial score (nSPS) is 11.9. The number of allylic oxidation sites excluding steroid dienone is 4. The lowest BCUT2D eigenvalue weighted by atomic mass is 10.1. The average molecular weight is 249 g/mol. The van der Waals surface area contributed by atoms with E-state index in [1.54, 1.807) is 0 Å². The number of hydrogen-bond donors (Lipinski definition) is 0. The Bertz CT molecular complexity index is 188. The van der Waals surface area contributed by atoms with Gasteiger partial charge in [-0.3, -0.25) is 0 Å². The van der Waals surface area contributed by atoms with E-state index < -0.39 is 0 Å². The quantitative estimate of drug-likeness (QED) is 0.254. The second kappa shape index (κ2) is 16.5. The summed E-state index contributed by atoms with van der Waals surface area (Å²) in [6, 6.07) is 0. The predicted octanol–water partition coefficient (Wildman–Crippen LogP) is 6.63. The fourth-order valence-corrected chi connectivity index (χ4v) is 1.95. The van der Waals surface area contributed by atoms with Gasteiger partial charge in [0.1, 0.15) is 0 Å². The molecule has 0 unspecified atom stereocenters. The van der Waals surface area contributed by atoms with Crippen LogP contribution < -0.4 is 0 Å². The molecular weight excluding hydrogens is 216 g/mol. The molecule has 0 rings (SSSR count). The Morgan fingerprint density at radius 2 is 1.06 bits per heavy atom. The minimum Gasteiger partial charge on any atom is -0.0885 e. The molecule has 0 heteroatoms. The molecule has 0 aliphatic rings. The zero-order valence-electron chi connectivity index (χ0n) is 12.5. The molecule has 1 radical (unpaired) electrons. The average Bonchev–Trinajstić information content (AvgIpc) is 2.39. The maximum Gasteiger partial charge on any atom is -0.0351 e. The van der Waals surface area contributed by atoms with Crippen molar-refractivity contribution in [1.82, 2.24) is 0 Å². The fraction of sp³-hybridized carbons (Fsp3) is 0.722. The molecule has 0 saturated heterocycles. The summed E-state index contributed by atoms with van der Waals surface area (Å²) in [6.45, 7) is 6.10. The Balaban J connectivity index is 3.09. The van der Waals surface area contributed by atoms with E-state index in [1.807, 2.05) is 0 Å². The summed E-state index contributed by atoms with van der Waals surface area (Å²) in [4.78, 5) is 0. The predicted molar refractivity (Wildman–Crippen MR) is 84.7 cm³/mol. The summed E-state index contributed by atoms with van der Waals surface area (Å²) in [7, 11) is 0. The molecule has 105 valence electrons. The molecule has 0 N–H and O–H groups in total. The first kappa shape index (κ1) is 17.5. The van der Waals surface area contributed by atoms with Crippen molar-refractivity contribution < 1.29 is 0 Å². The van der Waals surface area contributed by atoms with Gasteiger partial charge in [0.2, 0.25) is 0 Å². The zero-order chi connectivity index (χ0) is 13.3. The standard InChI is InChI=1S/C18H33/c1-3-5-7-9-11-13-15-17-18-16-14-12-10-8-6-4-2/h8,10,15,17H,1,3-7,9,11-14,16,18H2,2H3. The highest BCUT2D eigenvalue weighted by molar-refractivity contribution is 4.83.